The Kier molecular flexibility index (Phi) is 7.12. The van der Waals surface area contributed by atoms with Gasteiger partial charge in [-0.15, -0.1) is 11.3 Å². The molecule has 0 fully saturated rings. The Hall–Kier alpha value is -2.67. The molecule has 0 saturated carbocycles. The summed E-state index contributed by atoms with van der Waals surface area (Å²) in [7, 11) is 0. The number of aryl methyl sites for hydroxylation is 2. The number of hydrogen-bond acceptors (Lipinski definition) is 6. The van der Waals surface area contributed by atoms with Crippen LogP contribution in [-0.4, -0.2) is 31.1 Å². The van der Waals surface area contributed by atoms with E-state index in [-0.39, 0.29) is 6.61 Å². The number of thiophene rings is 1. The second-order valence-electron chi connectivity index (χ2n) is 5.91. The van der Waals surface area contributed by atoms with Crippen molar-refractivity contribution in [2.45, 2.75) is 34.1 Å². The second-order valence-corrected chi connectivity index (χ2v) is 7.13. The van der Waals surface area contributed by atoms with E-state index in [0.717, 1.165) is 16.0 Å². The van der Waals surface area contributed by atoms with Gasteiger partial charge in [-0.25, -0.2) is 9.59 Å². The highest BCUT2D eigenvalue weighted by atomic mass is 32.1. The summed E-state index contributed by atoms with van der Waals surface area (Å²) >= 11 is 1.31. The number of carbonyl (C=O) groups excluding carboxylic acids is 3. The van der Waals surface area contributed by atoms with Crippen molar-refractivity contribution >= 4 is 34.2 Å². The highest BCUT2D eigenvalue weighted by Gasteiger charge is 2.23. The second kappa shape index (κ2) is 9.32. The van der Waals surface area contributed by atoms with E-state index in [9.17, 15) is 14.4 Å². The van der Waals surface area contributed by atoms with Crippen molar-refractivity contribution in [3.63, 3.8) is 0 Å². The normalized spacial score (nSPS) is 10.4. The van der Waals surface area contributed by atoms with E-state index in [0.29, 0.717) is 22.5 Å². The predicted octanol–water partition coefficient (Wildman–Crippen LogP) is 3.90. The van der Waals surface area contributed by atoms with Gasteiger partial charge in [-0.1, -0.05) is 24.6 Å². The van der Waals surface area contributed by atoms with Crippen LogP contribution in [0.3, 0.4) is 0 Å². The Bertz CT molecular complexity index is 839. The zero-order valence-electron chi connectivity index (χ0n) is 15.9. The van der Waals surface area contributed by atoms with Crippen LogP contribution < -0.4 is 5.32 Å². The van der Waals surface area contributed by atoms with Crippen molar-refractivity contribution < 1.29 is 23.9 Å². The molecular weight excluding hydrogens is 366 g/mol. The van der Waals surface area contributed by atoms with Crippen molar-refractivity contribution in [2.24, 2.45) is 0 Å². The molecule has 7 heteroatoms. The van der Waals surface area contributed by atoms with Gasteiger partial charge in [0.1, 0.15) is 5.00 Å². The minimum Gasteiger partial charge on any atom is -0.462 e. The lowest BCUT2D eigenvalue weighted by atomic mass is 10.1. The number of hydrogen-bond donors (Lipinski definition) is 1. The summed E-state index contributed by atoms with van der Waals surface area (Å²) in [5.74, 6) is -1.55. The first-order valence-electron chi connectivity index (χ1n) is 8.70. The largest absolute Gasteiger partial charge is 0.462 e. The first-order chi connectivity index (χ1) is 12.9. The van der Waals surface area contributed by atoms with Gasteiger partial charge < -0.3 is 14.8 Å². The standard InChI is InChI=1S/C20H23NO5S/c1-5-15-13(4)27-18(17(15)20(24)25-6-2)21-16(22)11-26-19(23)14-9-7-12(3)8-10-14/h7-10H,5-6,11H2,1-4H3,(H,21,22). The molecule has 1 aromatic heterocycles. The molecule has 6 nitrogen and oxygen atoms in total. The Morgan fingerprint density at radius 2 is 1.67 bits per heavy atom. The summed E-state index contributed by atoms with van der Waals surface area (Å²) in [5.41, 5.74) is 2.63. The Balaban J connectivity index is 2.06. The van der Waals surface area contributed by atoms with Crippen molar-refractivity contribution in [2.75, 3.05) is 18.5 Å². The summed E-state index contributed by atoms with van der Waals surface area (Å²) in [6.45, 7) is 7.28. The number of benzene rings is 1. The van der Waals surface area contributed by atoms with Crippen LogP contribution in [0.2, 0.25) is 0 Å². The fraction of sp³-hybridized carbons (Fsp3) is 0.350. The van der Waals surface area contributed by atoms with Crippen LogP contribution >= 0.6 is 11.3 Å². The maximum Gasteiger partial charge on any atom is 0.341 e. The molecule has 0 aliphatic carbocycles. The number of rotatable bonds is 7. The zero-order chi connectivity index (χ0) is 20.0. The summed E-state index contributed by atoms with van der Waals surface area (Å²) in [6.07, 6.45) is 0.648. The molecule has 144 valence electrons. The first-order valence-corrected chi connectivity index (χ1v) is 9.52. The summed E-state index contributed by atoms with van der Waals surface area (Å²) < 4.78 is 10.2. The number of anilines is 1. The van der Waals surface area contributed by atoms with Gasteiger partial charge >= 0.3 is 11.9 Å². The van der Waals surface area contributed by atoms with E-state index >= 15 is 0 Å². The van der Waals surface area contributed by atoms with Gasteiger partial charge in [0, 0.05) is 4.88 Å². The van der Waals surface area contributed by atoms with E-state index in [4.69, 9.17) is 9.47 Å². The van der Waals surface area contributed by atoms with Gasteiger partial charge in [0.15, 0.2) is 6.61 Å². The SMILES string of the molecule is CCOC(=O)c1c(NC(=O)COC(=O)c2ccc(C)cc2)sc(C)c1CC. The number of amides is 1. The number of esters is 2. The number of carbonyl (C=O) groups is 3. The molecule has 1 amide bonds. The molecule has 1 N–H and O–H groups in total. The summed E-state index contributed by atoms with van der Waals surface area (Å²) in [6, 6.07) is 6.88. The van der Waals surface area contributed by atoms with E-state index in [1.165, 1.54) is 11.3 Å². The van der Waals surface area contributed by atoms with Crippen LogP contribution in [0.25, 0.3) is 0 Å². The van der Waals surface area contributed by atoms with Crippen LogP contribution in [0.1, 0.15) is 50.6 Å². The lowest BCUT2D eigenvalue weighted by Gasteiger charge is -2.08. The predicted molar refractivity (Wildman–Crippen MR) is 104 cm³/mol. The third-order valence-corrected chi connectivity index (χ3v) is 4.98. The molecule has 0 saturated heterocycles. The van der Waals surface area contributed by atoms with Gasteiger partial charge in [0.2, 0.25) is 0 Å². The molecule has 1 heterocycles. The van der Waals surface area contributed by atoms with Crippen LogP contribution in [0.15, 0.2) is 24.3 Å². The molecule has 0 aliphatic heterocycles. The molecule has 27 heavy (non-hydrogen) atoms. The zero-order valence-corrected chi connectivity index (χ0v) is 16.7. The highest BCUT2D eigenvalue weighted by molar-refractivity contribution is 7.16. The third kappa shape index (κ3) is 5.17. The maximum atomic E-state index is 12.3. The van der Waals surface area contributed by atoms with Crippen molar-refractivity contribution in [1.29, 1.82) is 0 Å². The fourth-order valence-electron chi connectivity index (χ4n) is 2.58. The molecule has 0 aliphatic rings. The maximum absolute atomic E-state index is 12.3. The molecular formula is C20H23NO5S. The van der Waals surface area contributed by atoms with Crippen molar-refractivity contribution in [3.8, 4) is 0 Å². The van der Waals surface area contributed by atoms with Crippen LogP contribution in [0, 0.1) is 13.8 Å². The Morgan fingerprint density at radius 3 is 2.26 bits per heavy atom. The minimum absolute atomic E-state index is 0.248. The number of nitrogens with one attached hydrogen (secondary N) is 1. The lowest BCUT2D eigenvalue weighted by Crippen LogP contribution is -2.22. The first kappa shape index (κ1) is 20.6. The average Bonchev–Trinajstić information content (AvgIpc) is 2.95. The van der Waals surface area contributed by atoms with Crippen molar-refractivity contribution in [3.05, 3.63) is 51.4 Å². The molecule has 2 aromatic rings. The van der Waals surface area contributed by atoms with Gasteiger partial charge in [-0.05, 0) is 44.9 Å². The van der Waals surface area contributed by atoms with E-state index in [2.05, 4.69) is 5.32 Å². The van der Waals surface area contributed by atoms with Crippen LogP contribution in [0.5, 0.6) is 0 Å². The fourth-order valence-corrected chi connectivity index (χ4v) is 3.73. The van der Waals surface area contributed by atoms with Gasteiger partial charge in [0.25, 0.3) is 5.91 Å². The van der Waals surface area contributed by atoms with Crippen LogP contribution in [-0.2, 0) is 20.7 Å². The third-order valence-electron chi connectivity index (χ3n) is 3.92. The average molecular weight is 389 g/mol. The molecule has 0 bridgehead atoms. The topological polar surface area (TPSA) is 81.7 Å². The smallest absolute Gasteiger partial charge is 0.341 e. The highest BCUT2D eigenvalue weighted by Crippen LogP contribution is 2.34. The molecule has 0 atom stereocenters. The molecule has 2 rings (SSSR count). The molecule has 0 radical (unpaired) electrons. The van der Waals surface area contributed by atoms with Gasteiger partial charge in [-0.3, -0.25) is 4.79 Å². The summed E-state index contributed by atoms with van der Waals surface area (Å²) in [5, 5.41) is 3.08. The summed E-state index contributed by atoms with van der Waals surface area (Å²) in [4.78, 5) is 37.4. The van der Waals surface area contributed by atoms with E-state index in [1.807, 2.05) is 20.8 Å². The molecule has 0 spiro atoms. The molecule has 0 unspecified atom stereocenters. The number of ether oxygens (including phenoxy) is 2. The van der Waals surface area contributed by atoms with Gasteiger partial charge in [-0.2, -0.15) is 0 Å². The van der Waals surface area contributed by atoms with E-state index < -0.39 is 24.5 Å². The minimum atomic E-state index is -0.577. The Morgan fingerprint density at radius 1 is 1.00 bits per heavy atom. The lowest BCUT2D eigenvalue weighted by molar-refractivity contribution is -0.119. The van der Waals surface area contributed by atoms with Crippen LogP contribution in [0.4, 0.5) is 5.00 Å². The quantitative estimate of drug-likeness (QED) is 0.726. The van der Waals surface area contributed by atoms with Crippen molar-refractivity contribution in [1.82, 2.24) is 0 Å². The monoisotopic (exact) mass is 389 g/mol. The van der Waals surface area contributed by atoms with E-state index in [1.54, 1.807) is 31.2 Å². The van der Waals surface area contributed by atoms with Gasteiger partial charge in [0.05, 0.1) is 17.7 Å². The molecule has 1 aromatic carbocycles. The Labute approximate surface area is 162 Å².